The highest BCUT2D eigenvalue weighted by Crippen LogP contribution is 2.26. The van der Waals surface area contributed by atoms with E-state index >= 15 is 0 Å². The Morgan fingerprint density at radius 3 is 2.72 bits per heavy atom. The number of hydrogen-bond donors (Lipinski definition) is 1. The fourth-order valence-electron chi connectivity index (χ4n) is 2.35. The number of thiazole rings is 1. The average molecular weight is 416 g/mol. The van der Waals surface area contributed by atoms with Crippen molar-refractivity contribution < 1.29 is 4.74 Å². The van der Waals surface area contributed by atoms with E-state index < -0.39 is 0 Å². The van der Waals surface area contributed by atoms with E-state index in [1.165, 1.54) is 11.3 Å². The van der Waals surface area contributed by atoms with Gasteiger partial charge in [-0.15, -0.1) is 11.3 Å². The molecule has 128 valence electrons. The first-order valence-corrected chi connectivity index (χ1v) is 9.55. The minimum Gasteiger partial charge on any atom is -0.497 e. The van der Waals surface area contributed by atoms with Crippen molar-refractivity contribution in [2.45, 2.75) is 13.3 Å². The van der Waals surface area contributed by atoms with Gasteiger partial charge in [0.1, 0.15) is 5.75 Å². The lowest BCUT2D eigenvalue weighted by atomic mass is 10.1. The van der Waals surface area contributed by atoms with E-state index in [4.69, 9.17) is 4.74 Å². The zero-order valence-electron chi connectivity index (χ0n) is 14.0. The van der Waals surface area contributed by atoms with Crippen LogP contribution in [0.15, 0.2) is 63.5 Å². The van der Waals surface area contributed by atoms with E-state index in [0.717, 1.165) is 44.3 Å². The zero-order valence-corrected chi connectivity index (χ0v) is 16.4. The monoisotopic (exact) mass is 415 g/mol. The van der Waals surface area contributed by atoms with Crippen LogP contribution in [-0.4, -0.2) is 17.8 Å². The van der Waals surface area contributed by atoms with E-state index in [0.29, 0.717) is 0 Å². The Morgan fingerprint density at radius 1 is 1.24 bits per heavy atom. The molecule has 0 radical (unpaired) electrons. The predicted molar refractivity (Wildman–Crippen MR) is 109 cm³/mol. The molecule has 6 heteroatoms. The molecule has 3 aromatic rings. The highest BCUT2D eigenvalue weighted by atomic mass is 79.9. The number of hydrogen-bond acceptors (Lipinski definition) is 5. The molecule has 1 N–H and O–H groups in total. The largest absolute Gasteiger partial charge is 0.497 e. The summed E-state index contributed by atoms with van der Waals surface area (Å²) in [6.07, 6.45) is 0.833. The molecular weight excluding hydrogens is 398 g/mol. The summed E-state index contributed by atoms with van der Waals surface area (Å²) in [5.74, 6) is 0.837. The molecular formula is C19H18BrN3OS. The number of methoxy groups -OCH3 is 1. The summed E-state index contributed by atoms with van der Waals surface area (Å²) in [6, 6.07) is 16.0. The second-order valence-corrected chi connectivity index (χ2v) is 7.07. The number of benzene rings is 2. The summed E-state index contributed by atoms with van der Waals surface area (Å²) in [4.78, 5) is 4.60. The van der Waals surface area contributed by atoms with Gasteiger partial charge in [0.05, 0.1) is 18.5 Å². The van der Waals surface area contributed by atoms with E-state index in [9.17, 15) is 0 Å². The Bertz CT molecular complexity index is 874. The molecule has 0 atom stereocenters. The number of hydrazone groups is 1. The third-order valence-corrected chi connectivity index (χ3v) is 4.91. The molecule has 4 nitrogen and oxygen atoms in total. The summed E-state index contributed by atoms with van der Waals surface area (Å²) >= 11 is 5.04. The number of rotatable bonds is 6. The number of nitrogens with zero attached hydrogens (tertiary/aromatic N) is 2. The second-order valence-electron chi connectivity index (χ2n) is 5.30. The van der Waals surface area contributed by atoms with Crippen molar-refractivity contribution in [3.63, 3.8) is 0 Å². The summed E-state index contributed by atoms with van der Waals surface area (Å²) in [5, 5.41) is 7.32. The smallest absolute Gasteiger partial charge is 0.203 e. The van der Waals surface area contributed by atoms with Crippen LogP contribution in [0, 0.1) is 0 Å². The Morgan fingerprint density at radius 2 is 2.04 bits per heavy atom. The maximum atomic E-state index is 5.19. The molecule has 0 aliphatic rings. The lowest BCUT2D eigenvalue weighted by Crippen LogP contribution is -2.03. The van der Waals surface area contributed by atoms with Gasteiger partial charge in [-0.05, 0) is 48.4 Å². The van der Waals surface area contributed by atoms with Gasteiger partial charge in [0.15, 0.2) is 0 Å². The number of nitrogens with one attached hydrogen (secondary N) is 1. The van der Waals surface area contributed by atoms with Crippen LogP contribution in [0.25, 0.3) is 11.3 Å². The third-order valence-electron chi connectivity index (χ3n) is 3.67. The summed E-state index contributed by atoms with van der Waals surface area (Å²) in [7, 11) is 1.66. The van der Waals surface area contributed by atoms with Crippen LogP contribution in [0.1, 0.15) is 18.9 Å². The van der Waals surface area contributed by atoms with Gasteiger partial charge in [0, 0.05) is 15.4 Å². The Kier molecular flexibility index (Phi) is 5.83. The molecule has 0 unspecified atom stereocenters. The van der Waals surface area contributed by atoms with Crippen LogP contribution < -0.4 is 10.2 Å². The first-order chi connectivity index (χ1) is 12.2. The molecule has 0 aliphatic heterocycles. The molecule has 3 rings (SSSR count). The van der Waals surface area contributed by atoms with Gasteiger partial charge in [-0.25, -0.2) is 4.98 Å². The molecule has 25 heavy (non-hydrogen) atoms. The molecule has 2 aromatic carbocycles. The van der Waals surface area contributed by atoms with Crippen LogP contribution in [0.2, 0.25) is 0 Å². The van der Waals surface area contributed by atoms with Gasteiger partial charge in [-0.1, -0.05) is 35.0 Å². The summed E-state index contributed by atoms with van der Waals surface area (Å²) < 4.78 is 6.23. The molecule has 0 aliphatic carbocycles. The fourth-order valence-corrected chi connectivity index (χ4v) is 3.41. The van der Waals surface area contributed by atoms with E-state index in [1.807, 2.05) is 41.8 Å². The van der Waals surface area contributed by atoms with Crippen molar-refractivity contribution >= 4 is 38.1 Å². The van der Waals surface area contributed by atoms with Crippen LogP contribution in [-0.2, 0) is 0 Å². The van der Waals surface area contributed by atoms with Crippen molar-refractivity contribution in [1.82, 2.24) is 4.98 Å². The fraction of sp³-hybridized carbons (Fsp3) is 0.158. The zero-order chi connectivity index (χ0) is 17.6. The number of anilines is 1. The molecule has 1 aromatic heterocycles. The topological polar surface area (TPSA) is 46.5 Å². The standard InChI is InChI=1S/C19H18BrN3OS/c1-3-17(14-5-4-6-15(20)11-14)22-23-19-21-18(12-25-19)13-7-9-16(24-2)10-8-13/h4-12H,3H2,1-2H3,(H,21,23)/b22-17+. The minimum atomic E-state index is 0.770. The van der Waals surface area contributed by atoms with Gasteiger partial charge < -0.3 is 4.74 Å². The Labute approximate surface area is 159 Å². The van der Waals surface area contributed by atoms with Gasteiger partial charge in [-0.3, -0.25) is 5.43 Å². The highest BCUT2D eigenvalue weighted by molar-refractivity contribution is 9.10. The molecule has 0 saturated heterocycles. The van der Waals surface area contributed by atoms with Crippen molar-refractivity contribution in [2.24, 2.45) is 5.10 Å². The van der Waals surface area contributed by atoms with Gasteiger partial charge in [0.25, 0.3) is 0 Å². The van der Waals surface area contributed by atoms with Crippen LogP contribution in [0.5, 0.6) is 5.75 Å². The van der Waals surface area contributed by atoms with E-state index in [2.05, 4.69) is 50.5 Å². The maximum absolute atomic E-state index is 5.19. The van der Waals surface area contributed by atoms with Crippen LogP contribution in [0.3, 0.4) is 0 Å². The van der Waals surface area contributed by atoms with Crippen molar-refractivity contribution in [3.8, 4) is 17.0 Å². The summed E-state index contributed by atoms with van der Waals surface area (Å²) in [5.41, 5.74) is 7.14. The lowest BCUT2D eigenvalue weighted by Gasteiger charge is -2.05. The molecule has 0 spiro atoms. The maximum Gasteiger partial charge on any atom is 0.203 e. The van der Waals surface area contributed by atoms with Crippen molar-refractivity contribution in [3.05, 3.63) is 63.9 Å². The highest BCUT2D eigenvalue weighted by Gasteiger charge is 2.06. The quantitative estimate of drug-likeness (QED) is 0.408. The van der Waals surface area contributed by atoms with Crippen molar-refractivity contribution in [2.75, 3.05) is 12.5 Å². The van der Waals surface area contributed by atoms with E-state index in [-0.39, 0.29) is 0 Å². The Hall–Kier alpha value is -2.18. The molecule has 0 bridgehead atoms. The SMILES string of the molecule is CC/C(=N\Nc1nc(-c2ccc(OC)cc2)cs1)c1cccc(Br)c1. The predicted octanol–water partition coefficient (Wildman–Crippen LogP) is 5.81. The first kappa shape index (κ1) is 17.6. The number of aromatic nitrogens is 1. The number of halogens is 1. The molecule has 0 fully saturated rings. The summed E-state index contributed by atoms with van der Waals surface area (Å²) in [6.45, 7) is 2.09. The van der Waals surface area contributed by atoms with Crippen LogP contribution in [0.4, 0.5) is 5.13 Å². The second kappa shape index (κ2) is 8.27. The Balaban J connectivity index is 1.75. The van der Waals surface area contributed by atoms with E-state index in [1.54, 1.807) is 7.11 Å². The van der Waals surface area contributed by atoms with Gasteiger partial charge >= 0.3 is 0 Å². The lowest BCUT2D eigenvalue weighted by molar-refractivity contribution is 0.415. The third kappa shape index (κ3) is 4.46. The molecule has 0 saturated carbocycles. The van der Waals surface area contributed by atoms with Gasteiger partial charge in [-0.2, -0.15) is 5.10 Å². The molecule has 1 heterocycles. The van der Waals surface area contributed by atoms with Gasteiger partial charge in [0.2, 0.25) is 5.13 Å². The van der Waals surface area contributed by atoms with Crippen LogP contribution >= 0.6 is 27.3 Å². The minimum absolute atomic E-state index is 0.770. The number of ether oxygens (including phenoxy) is 1. The first-order valence-electron chi connectivity index (χ1n) is 7.88. The average Bonchev–Trinajstić information content (AvgIpc) is 3.11. The normalized spacial score (nSPS) is 11.4. The van der Waals surface area contributed by atoms with Crippen molar-refractivity contribution in [1.29, 1.82) is 0 Å². The molecule has 0 amide bonds.